The summed E-state index contributed by atoms with van der Waals surface area (Å²) in [7, 11) is -3.56. The van der Waals surface area contributed by atoms with E-state index in [2.05, 4.69) is 15.1 Å². The summed E-state index contributed by atoms with van der Waals surface area (Å²) in [6.07, 6.45) is 3.09. The van der Waals surface area contributed by atoms with Crippen LogP contribution >= 0.6 is 11.6 Å². The van der Waals surface area contributed by atoms with Gasteiger partial charge in [-0.3, -0.25) is 4.79 Å². The molecule has 0 unspecified atom stereocenters. The Labute approximate surface area is 201 Å². The fourth-order valence-corrected chi connectivity index (χ4v) is 5.26. The van der Waals surface area contributed by atoms with E-state index < -0.39 is 15.6 Å². The number of aromatic amines is 1. The summed E-state index contributed by atoms with van der Waals surface area (Å²) in [6.45, 7) is 1.30. The SMILES string of the molecule is O=c1c(Cl)c(N2CCN(S(=O)(=O)/C=C/c3ccccc3)CC2)cnn1-c1nc2ccccc2[nH]1. The zero-order valence-corrected chi connectivity index (χ0v) is 19.6. The molecule has 9 nitrogen and oxygen atoms in total. The van der Waals surface area contributed by atoms with Crippen LogP contribution in [0, 0.1) is 0 Å². The van der Waals surface area contributed by atoms with Crippen LogP contribution in [0.25, 0.3) is 23.1 Å². The van der Waals surface area contributed by atoms with E-state index >= 15 is 0 Å². The number of hydrogen-bond acceptors (Lipinski definition) is 6. The van der Waals surface area contributed by atoms with Crippen molar-refractivity contribution in [2.75, 3.05) is 31.1 Å². The molecule has 1 N–H and O–H groups in total. The summed E-state index contributed by atoms with van der Waals surface area (Å²) in [5.74, 6) is 0.278. The van der Waals surface area contributed by atoms with Crippen LogP contribution in [0.2, 0.25) is 5.02 Å². The summed E-state index contributed by atoms with van der Waals surface area (Å²) in [5.41, 5.74) is 2.28. The van der Waals surface area contributed by atoms with E-state index in [1.807, 2.05) is 59.5 Å². The molecule has 0 radical (unpaired) electrons. The second-order valence-electron chi connectivity index (χ2n) is 7.78. The molecule has 34 heavy (non-hydrogen) atoms. The highest BCUT2D eigenvalue weighted by Gasteiger charge is 2.27. The Hall–Kier alpha value is -3.47. The van der Waals surface area contributed by atoms with E-state index in [1.54, 1.807) is 6.08 Å². The number of sulfonamides is 1. The van der Waals surface area contributed by atoms with Crippen LogP contribution in [0.1, 0.15) is 5.56 Å². The van der Waals surface area contributed by atoms with Crippen LogP contribution in [0.3, 0.4) is 0 Å². The van der Waals surface area contributed by atoms with Crippen LogP contribution < -0.4 is 10.5 Å². The van der Waals surface area contributed by atoms with Gasteiger partial charge in [0.2, 0.25) is 16.0 Å². The maximum absolute atomic E-state index is 12.9. The fourth-order valence-electron chi connectivity index (χ4n) is 3.83. The number of aromatic nitrogens is 4. The number of halogens is 1. The predicted molar refractivity (Wildman–Crippen MR) is 133 cm³/mol. The number of rotatable bonds is 5. The number of fused-ring (bicyclic) bond motifs is 1. The van der Waals surface area contributed by atoms with Crippen molar-refractivity contribution >= 4 is 44.4 Å². The van der Waals surface area contributed by atoms with Crippen molar-refractivity contribution in [2.45, 2.75) is 0 Å². The molecule has 1 aliphatic heterocycles. The largest absolute Gasteiger partial charge is 0.366 e. The first-order valence-electron chi connectivity index (χ1n) is 10.6. The number of imidazole rings is 1. The fraction of sp³-hybridized carbons (Fsp3) is 0.174. The summed E-state index contributed by atoms with van der Waals surface area (Å²) in [4.78, 5) is 22.2. The monoisotopic (exact) mass is 496 g/mol. The first kappa shape index (κ1) is 22.3. The van der Waals surface area contributed by atoms with E-state index in [4.69, 9.17) is 11.6 Å². The molecule has 5 rings (SSSR count). The zero-order chi connectivity index (χ0) is 23.7. The molecule has 4 aromatic rings. The van der Waals surface area contributed by atoms with Crippen molar-refractivity contribution in [1.82, 2.24) is 24.1 Å². The maximum atomic E-state index is 12.9. The molecule has 0 spiro atoms. The first-order valence-corrected chi connectivity index (χ1v) is 12.5. The van der Waals surface area contributed by atoms with Gasteiger partial charge < -0.3 is 9.88 Å². The van der Waals surface area contributed by atoms with Crippen LogP contribution in [-0.2, 0) is 10.0 Å². The topological polar surface area (TPSA) is 104 Å². The lowest BCUT2D eigenvalue weighted by molar-refractivity contribution is 0.389. The lowest BCUT2D eigenvalue weighted by Crippen LogP contribution is -2.48. The van der Waals surface area contributed by atoms with Gasteiger partial charge in [0, 0.05) is 31.6 Å². The van der Waals surface area contributed by atoms with Crippen molar-refractivity contribution in [3.05, 3.63) is 87.1 Å². The lowest BCUT2D eigenvalue weighted by atomic mass is 10.2. The van der Waals surface area contributed by atoms with E-state index in [-0.39, 0.29) is 24.1 Å². The summed E-state index contributed by atoms with van der Waals surface area (Å²) in [6, 6.07) is 16.7. The molecule has 174 valence electrons. The minimum atomic E-state index is -3.56. The van der Waals surface area contributed by atoms with Gasteiger partial charge in [-0.1, -0.05) is 54.1 Å². The van der Waals surface area contributed by atoms with Gasteiger partial charge in [0.05, 0.1) is 22.9 Å². The Morgan fingerprint density at radius 3 is 2.41 bits per heavy atom. The number of anilines is 1. The second kappa shape index (κ2) is 9.05. The van der Waals surface area contributed by atoms with Crippen LogP contribution in [0.4, 0.5) is 5.69 Å². The van der Waals surface area contributed by atoms with Crippen LogP contribution in [0.15, 0.2) is 71.0 Å². The molecular weight excluding hydrogens is 476 g/mol. The number of nitrogens with one attached hydrogen (secondary N) is 1. The van der Waals surface area contributed by atoms with Gasteiger partial charge in [-0.05, 0) is 23.8 Å². The van der Waals surface area contributed by atoms with Crippen molar-refractivity contribution in [2.24, 2.45) is 0 Å². The van der Waals surface area contributed by atoms with Gasteiger partial charge in [0.15, 0.2) is 0 Å². The van der Waals surface area contributed by atoms with Gasteiger partial charge >= 0.3 is 0 Å². The lowest BCUT2D eigenvalue weighted by Gasteiger charge is -2.34. The highest BCUT2D eigenvalue weighted by Crippen LogP contribution is 2.24. The molecule has 0 bridgehead atoms. The Bertz CT molecular complexity index is 1490. The highest BCUT2D eigenvalue weighted by molar-refractivity contribution is 7.92. The minimum Gasteiger partial charge on any atom is -0.366 e. The third-order valence-electron chi connectivity index (χ3n) is 5.65. The highest BCUT2D eigenvalue weighted by atomic mass is 35.5. The molecule has 3 heterocycles. The van der Waals surface area contributed by atoms with E-state index in [0.717, 1.165) is 15.8 Å². The number of hydrogen-bond donors (Lipinski definition) is 1. The van der Waals surface area contributed by atoms with Crippen molar-refractivity contribution < 1.29 is 8.42 Å². The summed E-state index contributed by atoms with van der Waals surface area (Å²) in [5, 5.41) is 5.49. The third kappa shape index (κ3) is 4.35. The van der Waals surface area contributed by atoms with Gasteiger partial charge in [0.25, 0.3) is 5.56 Å². The number of para-hydroxylation sites is 2. The second-order valence-corrected chi connectivity index (χ2v) is 9.98. The molecular formula is C23H21ClN6O3S. The van der Waals surface area contributed by atoms with Crippen molar-refractivity contribution in [3.63, 3.8) is 0 Å². The molecule has 1 aliphatic rings. The van der Waals surface area contributed by atoms with Crippen molar-refractivity contribution in [3.8, 4) is 5.95 Å². The standard InChI is InChI=1S/C23H21ClN6O3S/c24-21-20(16-25-30(22(21)31)23-26-18-8-4-5-9-19(18)27-23)28-11-13-29(14-12-28)34(32,33)15-10-17-6-2-1-3-7-17/h1-10,15-16H,11-14H2,(H,26,27)/b15-10+. The number of benzene rings is 2. The molecule has 1 fully saturated rings. The number of nitrogens with zero attached hydrogens (tertiary/aromatic N) is 5. The molecule has 0 aliphatic carbocycles. The van der Waals surface area contributed by atoms with E-state index in [1.165, 1.54) is 15.9 Å². The zero-order valence-electron chi connectivity index (χ0n) is 18.0. The summed E-state index contributed by atoms with van der Waals surface area (Å²) >= 11 is 6.42. The smallest absolute Gasteiger partial charge is 0.295 e. The molecule has 0 amide bonds. The Morgan fingerprint density at radius 1 is 0.971 bits per heavy atom. The van der Waals surface area contributed by atoms with E-state index in [0.29, 0.717) is 24.3 Å². The van der Waals surface area contributed by atoms with Crippen LogP contribution in [-0.4, -0.2) is 58.7 Å². The summed E-state index contributed by atoms with van der Waals surface area (Å²) < 4.78 is 28.0. The van der Waals surface area contributed by atoms with Crippen LogP contribution in [0.5, 0.6) is 0 Å². The molecule has 11 heteroatoms. The van der Waals surface area contributed by atoms with Gasteiger partial charge in [-0.2, -0.15) is 14.1 Å². The normalized spacial score (nSPS) is 15.4. The molecule has 2 aromatic carbocycles. The average molecular weight is 497 g/mol. The molecule has 0 saturated carbocycles. The number of piperazine rings is 1. The Balaban J connectivity index is 1.31. The molecule has 1 saturated heterocycles. The average Bonchev–Trinajstić information content (AvgIpc) is 3.29. The first-order chi connectivity index (χ1) is 16.4. The minimum absolute atomic E-state index is 0.00994. The molecule has 0 atom stereocenters. The number of H-pyrrole nitrogens is 1. The maximum Gasteiger partial charge on any atom is 0.295 e. The van der Waals surface area contributed by atoms with Gasteiger partial charge in [-0.15, -0.1) is 0 Å². The molecule has 2 aromatic heterocycles. The Morgan fingerprint density at radius 2 is 1.68 bits per heavy atom. The Kier molecular flexibility index (Phi) is 5.94. The third-order valence-corrected chi connectivity index (χ3v) is 7.57. The van der Waals surface area contributed by atoms with E-state index in [9.17, 15) is 13.2 Å². The quantitative estimate of drug-likeness (QED) is 0.455. The van der Waals surface area contributed by atoms with Gasteiger partial charge in [-0.25, -0.2) is 13.4 Å². The predicted octanol–water partition coefficient (Wildman–Crippen LogP) is 2.88. The van der Waals surface area contributed by atoms with Crippen molar-refractivity contribution in [1.29, 1.82) is 0 Å². The van der Waals surface area contributed by atoms with Gasteiger partial charge in [0.1, 0.15) is 5.02 Å².